The maximum absolute atomic E-state index is 4.89. The minimum atomic E-state index is 0.779. The first-order chi connectivity index (χ1) is 16.4. The molecule has 0 spiro atoms. The zero-order chi connectivity index (χ0) is 23.8. The third-order valence-corrected chi connectivity index (χ3v) is 7.76. The molecule has 4 heterocycles. The van der Waals surface area contributed by atoms with E-state index in [1.165, 1.54) is 55.7 Å². The summed E-state index contributed by atoms with van der Waals surface area (Å²) >= 11 is 0. The van der Waals surface area contributed by atoms with Crippen LogP contribution < -0.4 is 0 Å². The Labute approximate surface area is 205 Å². The van der Waals surface area contributed by atoms with Gasteiger partial charge in [-0.3, -0.25) is 9.80 Å². The summed E-state index contributed by atoms with van der Waals surface area (Å²) in [6.45, 7) is 17.0. The van der Waals surface area contributed by atoms with Crippen LogP contribution in [0.3, 0.4) is 0 Å². The number of imidazole rings is 1. The lowest BCUT2D eigenvalue weighted by Gasteiger charge is -2.35. The fourth-order valence-corrected chi connectivity index (χ4v) is 6.16. The van der Waals surface area contributed by atoms with Crippen molar-refractivity contribution in [3.05, 3.63) is 58.5 Å². The number of aromatic nitrogens is 3. The predicted molar refractivity (Wildman–Crippen MR) is 140 cm³/mol. The van der Waals surface area contributed by atoms with Crippen LogP contribution in [0.4, 0.5) is 0 Å². The zero-order valence-corrected chi connectivity index (χ0v) is 21.7. The fourth-order valence-electron chi connectivity index (χ4n) is 6.16. The number of piperazine rings is 1. The molecule has 2 aromatic heterocycles. The lowest BCUT2D eigenvalue weighted by atomic mass is 10.1. The number of aryl methyl sites for hydroxylation is 4. The van der Waals surface area contributed by atoms with E-state index in [0.29, 0.717) is 0 Å². The highest BCUT2D eigenvalue weighted by atomic mass is 15.3. The van der Waals surface area contributed by atoms with Gasteiger partial charge in [0, 0.05) is 43.8 Å². The number of nitrogens with zero attached hydrogens (tertiary/aromatic N) is 5. The Bertz CT molecular complexity index is 1130. The molecule has 2 aliphatic rings. The third kappa shape index (κ3) is 4.78. The van der Waals surface area contributed by atoms with Crippen LogP contribution in [0.2, 0.25) is 0 Å². The van der Waals surface area contributed by atoms with Gasteiger partial charge < -0.3 is 4.57 Å². The van der Waals surface area contributed by atoms with Crippen molar-refractivity contribution in [1.82, 2.24) is 24.3 Å². The monoisotopic (exact) mass is 459 g/mol. The summed E-state index contributed by atoms with van der Waals surface area (Å²) in [6.07, 6.45) is 4.72. The van der Waals surface area contributed by atoms with Gasteiger partial charge in [-0.1, -0.05) is 45.0 Å². The highest BCUT2D eigenvalue weighted by Crippen LogP contribution is 2.31. The Morgan fingerprint density at radius 3 is 2.35 bits per heavy atom. The van der Waals surface area contributed by atoms with E-state index in [1.807, 2.05) is 0 Å². The van der Waals surface area contributed by atoms with Crippen molar-refractivity contribution in [2.24, 2.45) is 5.92 Å². The van der Waals surface area contributed by atoms with Crippen molar-refractivity contribution in [2.45, 2.75) is 78.9 Å². The topological polar surface area (TPSA) is 37.2 Å². The molecular formula is C29H41N5. The van der Waals surface area contributed by atoms with Gasteiger partial charge in [0.05, 0.1) is 6.54 Å². The standard InChI is InChI=1S/C29H41N5/c1-6-27-31-28-21(4)14-22(5)30-29(28)34(27)17-24-11-9-23(10-12-24)8-7-13-32-18-26-15-25(32)19-33(26)16-20(2)3/h9-12,14,20,25-26H,6-8,13,15-19H2,1-5H3. The summed E-state index contributed by atoms with van der Waals surface area (Å²) in [7, 11) is 0. The van der Waals surface area contributed by atoms with E-state index < -0.39 is 0 Å². The molecule has 1 aromatic carbocycles. The molecule has 5 nitrogen and oxygen atoms in total. The van der Waals surface area contributed by atoms with Crippen LogP contribution in [0.15, 0.2) is 30.3 Å². The molecule has 2 bridgehead atoms. The molecule has 34 heavy (non-hydrogen) atoms. The maximum Gasteiger partial charge on any atom is 0.160 e. The number of hydrogen-bond donors (Lipinski definition) is 0. The van der Waals surface area contributed by atoms with E-state index in [9.17, 15) is 0 Å². The van der Waals surface area contributed by atoms with Crippen LogP contribution in [-0.2, 0) is 19.4 Å². The molecular weight excluding hydrogens is 418 g/mol. The summed E-state index contributed by atoms with van der Waals surface area (Å²) < 4.78 is 2.30. The van der Waals surface area contributed by atoms with Crippen LogP contribution in [0.25, 0.3) is 11.2 Å². The van der Waals surface area contributed by atoms with Crippen molar-refractivity contribution in [3.63, 3.8) is 0 Å². The van der Waals surface area contributed by atoms with Crippen LogP contribution in [-0.4, -0.2) is 62.6 Å². The zero-order valence-electron chi connectivity index (χ0n) is 21.7. The molecule has 2 unspecified atom stereocenters. The number of benzene rings is 1. The van der Waals surface area contributed by atoms with E-state index in [2.05, 4.69) is 79.3 Å². The van der Waals surface area contributed by atoms with E-state index >= 15 is 0 Å². The molecule has 2 fully saturated rings. The number of fused-ring (bicyclic) bond motifs is 3. The molecule has 3 aromatic rings. The van der Waals surface area contributed by atoms with Crippen molar-refractivity contribution >= 4 is 11.2 Å². The van der Waals surface area contributed by atoms with Gasteiger partial charge in [-0.25, -0.2) is 9.97 Å². The second-order valence-corrected chi connectivity index (χ2v) is 11.0. The van der Waals surface area contributed by atoms with E-state index in [4.69, 9.17) is 9.97 Å². The molecule has 182 valence electrons. The van der Waals surface area contributed by atoms with Gasteiger partial charge in [0.15, 0.2) is 5.65 Å². The Morgan fingerprint density at radius 2 is 1.68 bits per heavy atom. The van der Waals surface area contributed by atoms with Crippen molar-refractivity contribution in [1.29, 1.82) is 0 Å². The SMILES string of the molecule is CCc1nc2c(C)cc(C)nc2n1Cc1ccc(CCCN2CC3CC2CN3CC(C)C)cc1. The molecule has 2 saturated heterocycles. The van der Waals surface area contributed by atoms with Gasteiger partial charge >= 0.3 is 0 Å². The van der Waals surface area contributed by atoms with Crippen LogP contribution in [0.1, 0.15) is 61.8 Å². The van der Waals surface area contributed by atoms with Crippen LogP contribution >= 0.6 is 0 Å². The molecule has 0 radical (unpaired) electrons. The second-order valence-electron chi connectivity index (χ2n) is 11.0. The van der Waals surface area contributed by atoms with Crippen LogP contribution in [0.5, 0.6) is 0 Å². The summed E-state index contributed by atoms with van der Waals surface area (Å²) in [4.78, 5) is 15.2. The molecule has 5 heteroatoms. The quantitative estimate of drug-likeness (QED) is 0.451. The van der Waals surface area contributed by atoms with E-state index in [1.54, 1.807) is 0 Å². The molecule has 2 atom stereocenters. The first kappa shape index (κ1) is 23.5. The molecule has 0 aliphatic carbocycles. The highest BCUT2D eigenvalue weighted by molar-refractivity contribution is 5.76. The molecule has 0 saturated carbocycles. The van der Waals surface area contributed by atoms with Gasteiger partial charge in [-0.2, -0.15) is 0 Å². The summed E-state index contributed by atoms with van der Waals surface area (Å²) in [5.74, 6) is 1.90. The van der Waals surface area contributed by atoms with Gasteiger partial charge in [0.2, 0.25) is 0 Å². The minimum absolute atomic E-state index is 0.779. The predicted octanol–water partition coefficient (Wildman–Crippen LogP) is 5.01. The highest BCUT2D eigenvalue weighted by Gasteiger charge is 2.42. The summed E-state index contributed by atoms with van der Waals surface area (Å²) in [5.41, 5.74) is 7.10. The van der Waals surface area contributed by atoms with Gasteiger partial charge in [0.1, 0.15) is 11.3 Å². The van der Waals surface area contributed by atoms with Crippen molar-refractivity contribution in [2.75, 3.05) is 26.2 Å². The molecule has 2 aliphatic heterocycles. The molecule has 0 amide bonds. The lowest BCUT2D eigenvalue weighted by Crippen LogP contribution is -2.47. The normalized spacial score (nSPS) is 20.9. The smallest absolute Gasteiger partial charge is 0.160 e. The maximum atomic E-state index is 4.89. The number of rotatable bonds is 9. The van der Waals surface area contributed by atoms with Gasteiger partial charge in [-0.15, -0.1) is 0 Å². The molecule has 5 rings (SSSR count). The second kappa shape index (κ2) is 9.79. The van der Waals surface area contributed by atoms with Gasteiger partial charge in [0.25, 0.3) is 0 Å². The van der Waals surface area contributed by atoms with E-state index in [-0.39, 0.29) is 0 Å². The van der Waals surface area contributed by atoms with Gasteiger partial charge in [-0.05, 0) is 68.3 Å². The number of likely N-dealkylation sites (tertiary alicyclic amines) is 2. The van der Waals surface area contributed by atoms with Crippen LogP contribution in [0, 0.1) is 19.8 Å². The average Bonchev–Trinajstić information content (AvgIpc) is 3.47. The minimum Gasteiger partial charge on any atom is -0.308 e. The molecule has 0 N–H and O–H groups in total. The Hall–Kier alpha value is -2.24. The Balaban J connectivity index is 1.17. The summed E-state index contributed by atoms with van der Waals surface area (Å²) in [6, 6.07) is 13.0. The Morgan fingerprint density at radius 1 is 0.971 bits per heavy atom. The lowest BCUT2D eigenvalue weighted by molar-refractivity contribution is 0.117. The first-order valence-electron chi connectivity index (χ1n) is 13.3. The first-order valence-corrected chi connectivity index (χ1v) is 13.3. The van der Waals surface area contributed by atoms with Crippen molar-refractivity contribution < 1.29 is 0 Å². The summed E-state index contributed by atoms with van der Waals surface area (Å²) in [5, 5.41) is 0. The van der Waals surface area contributed by atoms with E-state index in [0.717, 1.165) is 60.1 Å². The largest absolute Gasteiger partial charge is 0.308 e. The Kier molecular flexibility index (Phi) is 6.76. The average molecular weight is 460 g/mol. The number of pyridine rings is 1. The van der Waals surface area contributed by atoms with Crippen molar-refractivity contribution in [3.8, 4) is 0 Å². The fraction of sp³-hybridized carbons (Fsp3) is 0.586. The number of hydrogen-bond acceptors (Lipinski definition) is 4. The third-order valence-electron chi connectivity index (χ3n) is 7.76.